The second-order valence-electron chi connectivity index (χ2n) is 4.61. The molecule has 0 heterocycles. The number of hydroxylamine groups is 1. The first-order chi connectivity index (χ1) is 10.6. The summed E-state index contributed by atoms with van der Waals surface area (Å²) in [6, 6.07) is 13.9. The zero-order valence-electron chi connectivity index (χ0n) is 12.4. The minimum atomic E-state index is -0.775. The van der Waals surface area contributed by atoms with E-state index in [-0.39, 0.29) is 6.61 Å². The Hall–Kier alpha value is -2.73. The summed E-state index contributed by atoms with van der Waals surface area (Å²) in [4.78, 5) is 11.6. The molecule has 2 N–H and O–H groups in total. The van der Waals surface area contributed by atoms with Gasteiger partial charge in [-0.1, -0.05) is 12.1 Å². The van der Waals surface area contributed by atoms with E-state index in [1.165, 1.54) is 7.05 Å². The summed E-state index contributed by atoms with van der Waals surface area (Å²) in [5.41, 5.74) is 2.44. The molecule has 2 rings (SSSR count). The van der Waals surface area contributed by atoms with Gasteiger partial charge in [0.15, 0.2) is 0 Å². The molecule has 6 heteroatoms. The third kappa shape index (κ3) is 4.39. The van der Waals surface area contributed by atoms with E-state index in [0.29, 0.717) is 11.4 Å². The largest absolute Gasteiger partial charge is 0.514 e. The van der Waals surface area contributed by atoms with Crippen LogP contribution in [0.25, 0.3) is 0 Å². The monoisotopic (exact) mass is 302 g/mol. The molecule has 6 nitrogen and oxygen atoms in total. The van der Waals surface area contributed by atoms with Gasteiger partial charge in [-0.25, -0.2) is 4.79 Å². The number of carbonyl (C=O) groups excluding carboxylic acids is 1. The van der Waals surface area contributed by atoms with Gasteiger partial charge in [0.2, 0.25) is 0 Å². The van der Waals surface area contributed by atoms with Crippen molar-refractivity contribution in [2.75, 3.05) is 24.5 Å². The third-order valence-corrected chi connectivity index (χ3v) is 3.01. The normalized spacial score (nSPS) is 9.95. The molecule has 0 unspecified atom stereocenters. The minimum absolute atomic E-state index is 0.139. The fourth-order valence-corrected chi connectivity index (χ4v) is 1.77. The standard InChI is InChI=1S/C16H18N2O4/c1-17-13-5-3-12(4-6-13)11-21-16(19)22-15-9-7-14(8-10-15)18(2)20/h3-10,17,20H,11H2,1-2H3. The van der Waals surface area contributed by atoms with Gasteiger partial charge in [0, 0.05) is 19.8 Å². The van der Waals surface area contributed by atoms with E-state index in [2.05, 4.69) is 5.32 Å². The van der Waals surface area contributed by atoms with E-state index in [9.17, 15) is 10.0 Å². The molecule has 0 aliphatic carbocycles. The second-order valence-corrected chi connectivity index (χ2v) is 4.61. The maximum atomic E-state index is 11.6. The fraction of sp³-hybridized carbons (Fsp3) is 0.188. The first kappa shape index (κ1) is 15.7. The van der Waals surface area contributed by atoms with Crippen molar-refractivity contribution in [1.29, 1.82) is 0 Å². The summed E-state index contributed by atoms with van der Waals surface area (Å²) in [5.74, 6) is 0.348. The summed E-state index contributed by atoms with van der Waals surface area (Å²) >= 11 is 0. The van der Waals surface area contributed by atoms with Crippen LogP contribution in [0.2, 0.25) is 0 Å². The lowest BCUT2D eigenvalue weighted by molar-refractivity contribution is 0.0928. The average Bonchev–Trinajstić information content (AvgIpc) is 2.54. The van der Waals surface area contributed by atoms with E-state index in [1.54, 1.807) is 24.3 Å². The minimum Gasteiger partial charge on any atom is -0.429 e. The molecular formula is C16H18N2O4. The number of hydrogen-bond donors (Lipinski definition) is 2. The van der Waals surface area contributed by atoms with Crippen molar-refractivity contribution in [3.8, 4) is 5.75 Å². The molecule has 0 atom stereocenters. The van der Waals surface area contributed by atoms with Crippen molar-refractivity contribution in [1.82, 2.24) is 0 Å². The third-order valence-electron chi connectivity index (χ3n) is 3.01. The summed E-state index contributed by atoms with van der Waals surface area (Å²) in [6.45, 7) is 0.139. The number of nitrogens with one attached hydrogen (secondary N) is 1. The number of benzene rings is 2. The molecule has 0 aliphatic rings. The quantitative estimate of drug-likeness (QED) is 0.502. The Morgan fingerprint density at radius 1 is 1.14 bits per heavy atom. The van der Waals surface area contributed by atoms with Crippen LogP contribution in [0.3, 0.4) is 0 Å². The first-order valence-electron chi connectivity index (χ1n) is 6.72. The maximum Gasteiger partial charge on any atom is 0.514 e. The number of carbonyl (C=O) groups is 1. The number of ether oxygens (including phenoxy) is 2. The van der Waals surface area contributed by atoms with Gasteiger partial charge >= 0.3 is 6.16 Å². The Morgan fingerprint density at radius 3 is 2.32 bits per heavy atom. The molecular weight excluding hydrogens is 284 g/mol. The topological polar surface area (TPSA) is 71.0 Å². The van der Waals surface area contributed by atoms with E-state index in [1.807, 2.05) is 31.3 Å². The highest BCUT2D eigenvalue weighted by atomic mass is 16.7. The number of nitrogens with zero attached hydrogens (tertiary/aromatic N) is 1. The zero-order valence-corrected chi connectivity index (χ0v) is 12.4. The van der Waals surface area contributed by atoms with E-state index < -0.39 is 6.16 Å². The maximum absolute atomic E-state index is 11.6. The van der Waals surface area contributed by atoms with E-state index in [0.717, 1.165) is 16.3 Å². The van der Waals surface area contributed by atoms with Gasteiger partial charge in [-0.2, -0.15) is 0 Å². The summed E-state index contributed by atoms with van der Waals surface area (Å²) in [5, 5.41) is 13.2. The van der Waals surface area contributed by atoms with Crippen LogP contribution in [0.1, 0.15) is 5.56 Å². The molecule has 116 valence electrons. The van der Waals surface area contributed by atoms with Crippen LogP contribution in [0.4, 0.5) is 16.2 Å². The number of anilines is 2. The molecule has 2 aromatic carbocycles. The smallest absolute Gasteiger partial charge is 0.429 e. The molecule has 0 radical (unpaired) electrons. The molecule has 0 spiro atoms. The summed E-state index contributed by atoms with van der Waals surface area (Å²) in [6.07, 6.45) is -0.775. The second kappa shape index (κ2) is 7.33. The Balaban J connectivity index is 1.84. The SMILES string of the molecule is CNc1ccc(COC(=O)Oc2ccc(N(C)O)cc2)cc1. The fourth-order valence-electron chi connectivity index (χ4n) is 1.77. The van der Waals surface area contributed by atoms with Crippen molar-refractivity contribution in [3.63, 3.8) is 0 Å². The van der Waals surface area contributed by atoms with Crippen molar-refractivity contribution >= 4 is 17.5 Å². The van der Waals surface area contributed by atoms with Gasteiger partial charge in [-0.15, -0.1) is 0 Å². The van der Waals surface area contributed by atoms with E-state index >= 15 is 0 Å². The molecule has 0 saturated carbocycles. The van der Waals surface area contributed by atoms with Gasteiger partial charge in [0.25, 0.3) is 0 Å². The molecule has 0 saturated heterocycles. The Morgan fingerprint density at radius 2 is 1.77 bits per heavy atom. The lowest BCUT2D eigenvalue weighted by Crippen LogP contribution is -2.11. The van der Waals surface area contributed by atoms with Crippen molar-refractivity contribution < 1.29 is 19.5 Å². The average molecular weight is 302 g/mol. The van der Waals surface area contributed by atoms with Crippen LogP contribution in [0.5, 0.6) is 5.75 Å². The molecule has 0 bridgehead atoms. The zero-order chi connectivity index (χ0) is 15.9. The Kier molecular flexibility index (Phi) is 5.21. The van der Waals surface area contributed by atoms with Gasteiger partial charge < -0.3 is 14.8 Å². The molecule has 0 aliphatic heterocycles. The molecule has 0 fully saturated rings. The van der Waals surface area contributed by atoms with Crippen LogP contribution in [-0.4, -0.2) is 25.5 Å². The Bertz CT molecular complexity index is 609. The lowest BCUT2D eigenvalue weighted by atomic mass is 10.2. The van der Waals surface area contributed by atoms with Crippen LogP contribution in [-0.2, 0) is 11.3 Å². The van der Waals surface area contributed by atoms with Gasteiger partial charge in [0.1, 0.15) is 12.4 Å². The highest BCUT2D eigenvalue weighted by molar-refractivity contribution is 5.64. The van der Waals surface area contributed by atoms with E-state index in [4.69, 9.17) is 9.47 Å². The predicted octanol–water partition coefficient (Wildman–Crippen LogP) is 3.27. The highest BCUT2D eigenvalue weighted by Gasteiger charge is 2.07. The summed E-state index contributed by atoms with van der Waals surface area (Å²) < 4.78 is 10.1. The Labute approximate surface area is 128 Å². The number of rotatable bonds is 5. The predicted molar refractivity (Wildman–Crippen MR) is 83.4 cm³/mol. The first-order valence-corrected chi connectivity index (χ1v) is 6.72. The van der Waals surface area contributed by atoms with Crippen LogP contribution in [0, 0.1) is 0 Å². The molecule has 2 aromatic rings. The van der Waals surface area contributed by atoms with Crippen molar-refractivity contribution in [3.05, 3.63) is 54.1 Å². The lowest BCUT2D eigenvalue weighted by Gasteiger charge is -2.11. The molecule has 0 amide bonds. The van der Waals surface area contributed by atoms with Gasteiger partial charge in [-0.3, -0.25) is 10.3 Å². The van der Waals surface area contributed by atoms with Gasteiger partial charge in [0.05, 0.1) is 5.69 Å². The van der Waals surface area contributed by atoms with Crippen LogP contribution < -0.4 is 15.1 Å². The molecule has 0 aromatic heterocycles. The summed E-state index contributed by atoms with van der Waals surface area (Å²) in [7, 11) is 3.34. The van der Waals surface area contributed by atoms with Crippen molar-refractivity contribution in [2.24, 2.45) is 0 Å². The number of hydrogen-bond acceptors (Lipinski definition) is 6. The van der Waals surface area contributed by atoms with Crippen LogP contribution in [0.15, 0.2) is 48.5 Å². The van der Waals surface area contributed by atoms with Crippen molar-refractivity contribution in [2.45, 2.75) is 6.61 Å². The molecule has 22 heavy (non-hydrogen) atoms. The van der Waals surface area contributed by atoms with Gasteiger partial charge in [-0.05, 0) is 42.0 Å². The van der Waals surface area contributed by atoms with Crippen LogP contribution >= 0.6 is 0 Å². The highest BCUT2D eigenvalue weighted by Crippen LogP contribution is 2.18.